The van der Waals surface area contributed by atoms with Gasteiger partial charge in [-0.2, -0.15) is 0 Å². The molecule has 25 heavy (non-hydrogen) atoms. The molecule has 0 bridgehead atoms. The number of hydrogen-bond donors (Lipinski definition) is 0. The second kappa shape index (κ2) is 6.71. The van der Waals surface area contributed by atoms with E-state index in [1.54, 1.807) is 10.9 Å². The molecule has 1 saturated heterocycles. The molecular formula is C18H25N5O2. The first-order valence-electron chi connectivity index (χ1n) is 9.17. The van der Waals surface area contributed by atoms with Gasteiger partial charge >= 0.3 is 0 Å². The van der Waals surface area contributed by atoms with E-state index in [0.717, 1.165) is 62.1 Å². The quantitative estimate of drug-likeness (QED) is 0.827. The molecule has 3 heterocycles. The molecule has 7 nitrogen and oxygen atoms in total. The van der Waals surface area contributed by atoms with Crippen molar-refractivity contribution < 1.29 is 4.42 Å². The Hall–Kier alpha value is -2.02. The third kappa shape index (κ3) is 3.66. The minimum Gasteiger partial charge on any atom is -0.424 e. The summed E-state index contributed by atoms with van der Waals surface area (Å²) >= 11 is 0. The molecule has 2 aliphatic rings. The Balaban J connectivity index is 1.30. The largest absolute Gasteiger partial charge is 0.424 e. The van der Waals surface area contributed by atoms with Gasteiger partial charge in [0, 0.05) is 23.7 Å². The average Bonchev–Trinajstić information content (AvgIpc) is 3.37. The molecular weight excluding hydrogens is 318 g/mol. The van der Waals surface area contributed by atoms with Crippen LogP contribution < -0.4 is 5.56 Å². The Morgan fingerprint density at radius 2 is 1.92 bits per heavy atom. The molecule has 0 spiro atoms. The summed E-state index contributed by atoms with van der Waals surface area (Å²) in [7, 11) is 0. The molecule has 2 aromatic rings. The van der Waals surface area contributed by atoms with Crippen LogP contribution in [0.4, 0.5) is 0 Å². The van der Waals surface area contributed by atoms with Crippen LogP contribution in [-0.4, -0.2) is 37.7 Å². The van der Waals surface area contributed by atoms with Crippen molar-refractivity contribution in [3.05, 3.63) is 39.7 Å². The smallest absolute Gasteiger partial charge is 0.256 e. The molecule has 0 amide bonds. The van der Waals surface area contributed by atoms with Gasteiger partial charge in [0.15, 0.2) is 0 Å². The average molecular weight is 343 g/mol. The Morgan fingerprint density at radius 3 is 2.64 bits per heavy atom. The molecule has 1 aliphatic carbocycles. The standard InChI is InChI=1S/C18H25N5O2/c1-12-13(2)19-11-23(18(12)24)9-14-5-7-22(8-6-14)10-16-20-21-17(25-16)15-3-4-15/h11,14-15H,3-10H2,1-2H3. The zero-order chi connectivity index (χ0) is 17.4. The molecule has 4 rings (SSSR count). The summed E-state index contributed by atoms with van der Waals surface area (Å²) < 4.78 is 7.52. The predicted molar refractivity (Wildman–Crippen MR) is 92.2 cm³/mol. The molecule has 0 N–H and O–H groups in total. The summed E-state index contributed by atoms with van der Waals surface area (Å²) in [6.07, 6.45) is 6.19. The Kier molecular flexibility index (Phi) is 4.41. The van der Waals surface area contributed by atoms with Gasteiger partial charge < -0.3 is 4.42 Å². The van der Waals surface area contributed by atoms with Gasteiger partial charge in [-0.15, -0.1) is 10.2 Å². The van der Waals surface area contributed by atoms with Crippen LogP contribution in [0.3, 0.4) is 0 Å². The van der Waals surface area contributed by atoms with Gasteiger partial charge in [-0.25, -0.2) is 4.98 Å². The third-order valence-electron chi connectivity index (χ3n) is 5.45. The fraction of sp³-hybridized carbons (Fsp3) is 0.667. The highest BCUT2D eigenvalue weighted by atomic mass is 16.4. The van der Waals surface area contributed by atoms with Gasteiger partial charge in [0.25, 0.3) is 5.56 Å². The Labute approximate surface area is 147 Å². The van der Waals surface area contributed by atoms with E-state index >= 15 is 0 Å². The van der Waals surface area contributed by atoms with Crippen LogP contribution in [0.5, 0.6) is 0 Å². The number of piperidine rings is 1. The lowest BCUT2D eigenvalue weighted by Gasteiger charge is -2.31. The summed E-state index contributed by atoms with van der Waals surface area (Å²) in [5.74, 6) is 2.57. The lowest BCUT2D eigenvalue weighted by Crippen LogP contribution is -2.36. The highest BCUT2D eigenvalue weighted by Crippen LogP contribution is 2.39. The number of aromatic nitrogens is 4. The van der Waals surface area contributed by atoms with E-state index in [1.165, 1.54) is 12.8 Å². The van der Waals surface area contributed by atoms with Crippen molar-refractivity contribution in [2.75, 3.05) is 13.1 Å². The van der Waals surface area contributed by atoms with Crippen molar-refractivity contribution in [2.24, 2.45) is 5.92 Å². The molecule has 0 radical (unpaired) electrons. The first kappa shape index (κ1) is 16.4. The maximum atomic E-state index is 12.3. The first-order chi connectivity index (χ1) is 12.1. The van der Waals surface area contributed by atoms with Gasteiger partial charge in [0.05, 0.1) is 12.9 Å². The Bertz CT molecular complexity index is 800. The second-order valence-electron chi connectivity index (χ2n) is 7.44. The number of aryl methyl sites for hydroxylation is 1. The molecule has 2 aromatic heterocycles. The zero-order valence-corrected chi connectivity index (χ0v) is 14.9. The van der Waals surface area contributed by atoms with Crippen LogP contribution in [0.1, 0.15) is 54.6 Å². The van der Waals surface area contributed by atoms with Crippen molar-refractivity contribution in [1.82, 2.24) is 24.6 Å². The fourth-order valence-corrected chi connectivity index (χ4v) is 3.43. The monoisotopic (exact) mass is 343 g/mol. The molecule has 0 atom stereocenters. The number of rotatable bonds is 5. The lowest BCUT2D eigenvalue weighted by atomic mass is 9.96. The van der Waals surface area contributed by atoms with E-state index in [0.29, 0.717) is 11.8 Å². The minimum atomic E-state index is 0.0911. The molecule has 1 saturated carbocycles. The summed E-state index contributed by atoms with van der Waals surface area (Å²) in [6.45, 7) is 7.22. The first-order valence-corrected chi connectivity index (χ1v) is 9.17. The molecule has 134 valence electrons. The number of hydrogen-bond acceptors (Lipinski definition) is 6. The highest BCUT2D eigenvalue weighted by Gasteiger charge is 2.30. The minimum absolute atomic E-state index is 0.0911. The van der Waals surface area contributed by atoms with E-state index < -0.39 is 0 Å². The van der Waals surface area contributed by atoms with Crippen LogP contribution in [0.25, 0.3) is 0 Å². The van der Waals surface area contributed by atoms with Gasteiger partial charge in [0.2, 0.25) is 11.8 Å². The van der Waals surface area contributed by atoms with Crippen molar-refractivity contribution in [2.45, 2.75) is 58.5 Å². The highest BCUT2D eigenvalue weighted by molar-refractivity contribution is 5.12. The van der Waals surface area contributed by atoms with Gasteiger partial charge in [-0.3, -0.25) is 14.3 Å². The van der Waals surface area contributed by atoms with Crippen LogP contribution in [0.15, 0.2) is 15.5 Å². The summed E-state index contributed by atoms with van der Waals surface area (Å²) in [4.78, 5) is 19.0. The van der Waals surface area contributed by atoms with Gasteiger partial charge in [-0.05, 0) is 58.5 Å². The second-order valence-corrected chi connectivity index (χ2v) is 7.44. The van der Waals surface area contributed by atoms with Crippen molar-refractivity contribution in [1.29, 1.82) is 0 Å². The topological polar surface area (TPSA) is 77.1 Å². The Morgan fingerprint density at radius 1 is 1.16 bits per heavy atom. The normalized spacial score (nSPS) is 19.4. The van der Waals surface area contributed by atoms with E-state index in [2.05, 4.69) is 20.1 Å². The van der Waals surface area contributed by atoms with E-state index in [4.69, 9.17) is 4.42 Å². The van der Waals surface area contributed by atoms with Crippen molar-refractivity contribution in [3.63, 3.8) is 0 Å². The number of nitrogens with zero attached hydrogens (tertiary/aromatic N) is 5. The van der Waals surface area contributed by atoms with Crippen LogP contribution in [-0.2, 0) is 13.1 Å². The molecule has 0 aromatic carbocycles. The van der Waals surface area contributed by atoms with Gasteiger partial charge in [-0.1, -0.05) is 0 Å². The van der Waals surface area contributed by atoms with Crippen molar-refractivity contribution in [3.8, 4) is 0 Å². The lowest BCUT2D eigenvalue weighted by molar-refractivity contribution is 0.153. The predicted octanol–water partition coefficient (Wildman–Crippen LogP) is 2.03. The third-order valence-corrected chi connectivity index (χ3v) is 5.45. The van der Waals surface area contributed by atoms with E-state index in [-0.39, 0.29) is 5.56 Å². The molecule has 0 unspecified atom stereocenters. The molecule has 1 aliphatic heterocycles. The zero-order valence-electron chi connectivity index (χ0n) is 14.9. The van der Waals surface area contributed by atoms with Crippen LogP contribution >= 0.6 is 0 Å². The summed E-state index contributed by atoms with van der Waals surface area (Å²) in [5.41, 5.74) is 1.66. The SMILES string of the molecule is Cc1ncn(CC2CCN(Cc3nnc(C4CC4)o3)CC2)c(=O)c1C. The maximum absolute atomic E-state index is 12.3. The van der Waals surface area contributed by atoms with Gasteiger partial charge in [0.1, 0.15) is 0 Å². The maximum Gasteiger partial charge on any atom is 0.256 e. The van der Waals surface area contributed by atoms with E-state index in [9.17, 15) is 4.79 Å². The molecule has 7 heteroatoms. The fourth-order valence-electron chi connectivity index (χ4n) is 3.43. The number of likely N-dealkylation sites (tertiary alicyclic amines) is 1. The van der Waals surface area contributed by atoms with E-state index in [1.807, 2.05) is 13.8 Å². The molecule has 2 fully saturated rings. The van der Waals surface area contributed by atoms with Crippen LogP contribution in [0.2, 0.25) is 0 Å². The van der Waals surface area contributed by atoms with Crippen LogP contribution in [0, 0.1) is 19.8 Å². The summed E-state index contributed by atoms with van der Waals surface area (Å²) in [5, 5.41) is 8.33. The van der Waals surface area contributed by atoms with Crippen molar-refractivity contribution >= 4 is 0 Å². The summed E-state index contributed by atoms with van der Waals surface area (Å²) in [6, 6.07) is 0.